The van der Waals surface area contributed by atoms with Crippen molar-refractivity contribution in [1.29, 1.82) is 0 Å². The molecule has 0 aromatic heterocycles. The highest BCUT2D eigenvalue weighted by molar-refractivity contribution is 5.92. The van der Waals surface area contributed by atoms with Gasteiger partial charge in [0.1, 0.15) is 0 Å². The fourth-order valence-corrected chi connectivity index (χ4v) is 3.13. The number of hydrogen-bond acceptors (Lipinski definition) is 2. The molecule has 22 heavy (non-hydrogen) atoms. The van der Waals surface area contributed by atoms with Gasteiger partial charge in [-0.15, -0.1) is 0 Å². The molecule has 0 spiro atoms. The lowest BCUT2D eigenvalue weighted by molar-refractivity contribution is 0.203. The van der Waals surface area contributed by atoms with E-state index in [0.29, 0.717) is 11.9 Å². The van der Waals surface area contributed by atoms with Crippen LogP contribution < -0.4 is 11.1 Å². The molecule has 1 atom stereocenters. The molecule has 1 unspecified atom stereocenters. The SMILES string of the molecule is Cc1cc(C)cc(NC(N)=NCC(C)CN2CCCCC2)c1. The molecule has 3 N–H and O–H groups in total. The molecule has 1 fully saturated rings. The van der Waals surface area contributed by atoms with Crippen molar-refractivity contribution in [2.75, 3.05) is 31.5 Å². The summed E-state index contributed by atoms with van der Waals surface area (Å²) in [5.41, 5.74) is 9.49. The number of aryl methyl sites for hydroxylation is 2. The lowest BCUT2D eigenvalue weighted by atomic mass is 10.1. The van der Waals surface area contributed by atoms with Crippen molar-refractivity contribution in [2.45, 2.75) is 40.0 Å². The Labute approximate surface area is 134 Å². The van der Waals surface area contributed by atoms with Crippen LogP contribution in [0.15, 0.2) is 23.2 Å². The van der Waals surface area contributed by atoms with Crippen molar-refractivity contribution in [2.24, 2.45) is 16.6 Å². The number of nitrogens with one attached hydrogen (secondary N) is 1. The second-order valence-electron chi connectivity index (χ2n) is 6.69. The van der Waals surface area contributed by atoms with E-state index in [1.807, 2.05) is 0 Å². The van der Waals surface area contributed by atoms with E-state index in [9.17, 15) is 0 Å². The van der Waals surface area contributed by atoms with Gasteiger partial charge in [0.15, 0.2) is 5.96 Å². The van der Waals surface area contributed by atoms with Crippen LogP contribution in [0.3, 0.4) is 0 Å². The molecule has 0 amide bonds. The van der Waals surface area contributed by atoms with Crippen molar-refractivity contribution < 1.29 is 0 Å². The molecule has 0 bridgehead atoms. The second kappa shape index (κ2) is 8.18. The second-order valence-corrected chi connectivity index (χ2v) is 6.69. The lowest BCUT2D eigenvalue weighted by Gasteiger charge is -2.28. The van der Waals surface area contributed by atoms with Crippen LogP contribution in [0.5, 0.6) is 0 Å². The Morgan fingerprint density at radius 2 is 1.82 bits per heavy atom. The standard InChI is InChI=1S/C18H30N4/c1-14-9-15(2)11-17(10-14)21-18(19)20-12-16(3)13-22-7-5-4-6-8-22/h9-11,16H,4-8,12-13H2,1-3H3,(H3,19,20,21). The van der Waals surface area contributed by atoms with Crippen LogP contribution in [0.4, 0.5) is 5.69 Å². The highest BCUT2D eigenvalue weighted by Crippen LogP contribution is 2.14. The minimum absolute atomic E-state index is 0.510. The number of anilines is 1. The normalized spacial score (nSPS) is 18.2. The molecule has 4 heteroatoms. The maximum Gasteiger partial charge on any atom is 0.193 e. The summed E-state index contributed by atoms with van der Waals surface area (Å²) in [5, 5.41) is 3.20. The molecule has 2 rings (SSSR count). The van der Waals surface area contributed by atoms with Gasteiger partial charge in [-0.1, -0.05) is 19.4 Å². The van der Waals surface area contributed by atoms with Crippen molar-refractivity contribution in [3.05, 3.63) is 29.3 Å². The molecule has 0 radical (unpaired) electrons. The van der Waals surface area contributed by atoms with Crippen LogP contribution in [0.2, 0.25) is 0 Å². The first kappa shape index (κ1) is 16.8. The van der Waals surface area contributed by atoms with Gasteiger partial charge in [-0.05, 0) is 69.0 Å². The number of hydrogen-bond donors (Lipinski definition) is 2. The van der Waals surface area contributed by atoms with Gasteiger partial charge in [0.05, 0.1) is 0 Å². The van der Waals surface area contributed by atoms with E-state index in [1.165, 1.54) is 43.5 Å². The van der Waals surface area contributed by atoms with Crippen molar-refractivity contribution in [3.63, 3.8) is 0 Å². The Morgan fingerprint density at radius 1 is 1.18 bits per heavy atom. The molecule has 1 aliphatic rings. The van der Waals surface area contributed by atoms with Crippen LogP contribution >= 0.6 is 0 Å². The Balaban J connectivity index is 1.81. The molecule has 4 nitrogen and oxygen atoms in total. The molecular formula is C18H30N4. The van der Waals surface area contributed by atoms with Crippen molar-refractivity contribution in [1.82, 2.24) is 4.90 Å². The van der Waals surface area contributed by atoms with Crippen LogP contribution in [-0.4, -0.2) is 37.0 Å². The van der Waals surface area contributed by atoms with Gasteiger partial charge in [0.2, 0.25) is 0 Å². The summed E-state index contributed by atoms with van der Waals surface area (Å²) in [6, 6.07) is 6.33. The first-order chi connectivity index (χ1) is 10.5. The van der Waals surface area contributed by atoms with E-state index in [-0.39, 0.29) is 0 Å². The molecule has 1 heterocycles. The van der Waals surface area contributed by atoms with E-state index < -0.39 is 0 Å². The van der Waals surface area contributed by atoms with E-state index in [4.69, 9.17) is 5.73 Å². The monoisotopic (exact) mass is 302 g/mol. The minimum atomic E-state index is 0.510. The average Bonchev–Trinajstić information content (AvgIpc) is 2.45. The fourth-order valence-electron chi connectivity index (χ4n) is 3.13. The highest BCUT2D eigenvalue weighted by Gasteiger charge is 2.13. The summed E-state index contributed by atoms with van der Waals surface area (Å²) in [7, 11) is 0. The third kappa shape index (κ3) is 5.68. The molecule has 1 saturated heterocycles. The number of piperidine rings is 1. The van der Waals surface area contributed by atoms with Gasteiger partial charge < -0.3 is 16.0 Å². The van der Waals surface area contributed by atoms with Crippen LogP contribution in [-0.2, 0) is 0 Å². The maximum absolute atomic E-state index is 6.01. The van der Waals surface area contributed by atoms with Gasteiger partial charge in [0.25, 0.3) is 0 Å². The van der Waals surface area contributed by atoms with E-state index in [2.05, 4.69) is 54.2 Å². The topological polar surface area (TPSA) is 53.6 Å². The van der Waals surface area contributed by atoms with Gasteiger partial charge in [-0.2, -0.15) is 0 Å². The number of likely N-dealkylation sites (tertiary alicyclic amines) is 1. The quantitative estimate of drug-likeness (QED) is 0.649. The van der Waals surface area contributed by atoms with Crippen molar-refractivity contribution in [3.8, 4) is 0 Å². The van der Waals surface area contributed by atoms with Crippen LogP contribution in [0.25, 0.3) is 0 Å². The Kier molecular flexibility index (Phi) is 6.25. The van der Waals surface area contributed by atoms with E-state index in [0.717, 1.165) is 18.8 Å². The number of guanidine groups is 1. The average molecular weight is 302 g/mol. The Bertz CT molecular complexity index is 484. The zero-order valence-corrected chi connectivity index (χ0v) is 14.2. The predicted octanol–water partition coefficient (Wildman–Crippen LogP) is 3.15. The number of nitrogens with two attached hydrogens (primary N) is 1. The number of aliphatic imine (C=N–C) groups is 1. The summed E-state index contributed by atoms with van der Waals surface area (Å²) in [6.07, 6.45) is 4.06. The van der Waals surface area contributed by atoms with Gasteiger partial charge >= 0.3 is 0 Å². The van der Waals surface area contributed by atoms with E-state index >= 15 is 0 Å². The smallest absolute Gasteiger partial charge is 0.193 e. The molecule has 1 aromatic rings. The van der Waals surface area contributed by atoms with Crippen molar-refractivity contribution >= 4 is 11.6 Å². The first-order valence-electron chi connectivity index (χ1n) is 8.40. The lowest BCUT2D eigenvalue weighted by Crippen LogP contribution is -2.34. The Morgan fingerprint density at radius 3 is 2.45 bits per heavy atom. The maximum atomic E-state index is 6.01. The predicted molar refractivity (Wildman–Crippen MR) is 95.5 cm³/mol. The molecule has 1 aliphatic heterocycles. The molecule has 122 valence electrons. The third-order valence-electron chi connectivity index (χ3n) is 4.09. The van der Waals surface area contributed by atoms with Gasteiger partial charge in [0, 0.05) is 18.8 Å². The summed E-state index contributed by atoms with van der Waals surface area (Å²) in [6.45, 7) is 10.8. The number of rotatable bonds is 5. The zero-order valence-electron chi connectivity index (χ0n) is 14.2. The number of nitrogens with zero attached hydrogens (tertiary/aromatic N) is 2. The highest BCUT2D eigenvalue weighted by atomic mass is 15.1. The molecule has 0 saturated carbocycles. The minimum Gasteiger partial charge on any atom is -0.370 e. The van der Waals surface area contributed by atoms with Crippen LogP contribution in [0.1, 0.15) is 37.3 Å². The molecule has 0 aliphatic carbocycles. The zero-order chi connectivity index (χ0) is 15.9. The number of benzene rings is 1. The summed E-state index contributed by atoms with van der Waals surface area (Å²) >= 11 is 0. The summed E-state index contributed by atoms with van der Waals surface area (Å²) in [5.74, 6) is 1.05. The summed E-state index contributed by atoms with van der Waals surface area (Å²) < 4.78 is 0. The molecular weight excluding hydrogens is 272 g/mol. The van der Waals surface area contributed by atoms with Gasteiger partial charge in [-0.25, -0.2) is 0 Å². The molecule has 1 aromatic carbocycles. The van der Waals surface area contributed by atoms with E-state index in [1.54, 1.807) is 0 Å². The third-order valence-corrected chi connectivity index (χ3v) is 4.09. The Hall–Kier alpha value is -1.55. The van der Waals surface area contributed by atoms with Crippen LogP contribution in [0, 0.1) is 19.8 Å². The summed E-state index contributed by atoms with van der Waals surface area (Å²) in [4.78, 5) is 7.05. The largest absolute Gasteiger partial charge is 0.370 e. The fraction of sp³-hybridized carbons (Fsp3) is 0.611. The first-order valence-corrected chi connectivity index (χ1v) is 8.40. The van der Waals surface area contributed by atoms with Gasteiger partial charge in [-0.3, -0.25) is 4.99 Å².